The third-order valence-corrected chi connectivity index (χ3v) is 2.63. The van der Waals surface area contributed by atoms with Gasteiger partial charge in [-0.3, -0.25) is 10.1 Å². The molecule has 0 saturated heterocycles. The summed E-state index contributed by atoms with van der Waals surface area (Å²) in [5.41, 5.74) is 0.161. The third kappa shape index (κ3) is 3.01. The number of nitro benzene ring substituents is 1. The van der Waals surface area contributed by atoms with Crippen LogP contribution in [0.25, 0.3) is 0 Å². The topological polar surface area (TPSA) is 52.4 Å². The molecule has 0 radical (unpaired) electrons. The predicted molar refractivity (Wildman–Crippen MR) is 55.7 cm³/mol. The van der Waals surface area contributed by atoms with Crippen LogP contribution in [-0.4, -0.2) is 24.4 Å². The first-order chi connectivity index (χ1) is 6.75. The van der Waals surface area contributed by atoms with E-state index in [2.05, 4.69) is 0 Å². The van der Waals surface area contributed by atoms with Crippen molar-refractivity contribution < 1.29 is 9.66 Å². The summed E-state index contributed by atoms with van der Waals surface area (Å²) in [5.74, 6) is 0.724. The summed E-state index contributed by atoms with van der Waals surface area (Å²) in [6.45, 7) is 0.594. The molecule has 1 aromatic rings. The Hall–Kier alpha value is -1.07. The molecule has 0 unspecified atom stereocenters. The average molecular weight is 213 g/mol. The summed E-state index contributed by atoms with van der Waals surface area (Å²) in [4.78, 5) is 10.9. The number of rotatable bonds is 5. The Kier molecular flexibility index (Phi) is 4.42. The van der Waals surface area contributed by atoms with Crippen LogP contribution in [0.5, 0.6) is 0 Å². The van der Waals surface area contributed by atoms with Gasteiger partial charge in [0.1, 0.15) is 0 Å². The van der Waals surface area contributed by atoms with Gasteiger partial charge in [-0.1, -0.05) is 12.1 Å². The summed E-state index contributed by atoms with van der Waals surface area (Å²) in [7, 11) is 1.61. The number of ether oxygens (including phenoxy) is 1. The highest BCUT2D eigenvalue weighted by atomic mass is 32.2. The quantitative estimate of drug-likeness (QED) is 0.326. The van der Waals surface area contributed by atoms with Gasteiger partial charge >= 0.3 is 0 Å². The summed E-state index contributed by atoms with van der Waals surface area (Å²) < 4.78 is 4.87. The Labute approximate surface area is 86.4 Å². The fourth-order valence-corrected chi connectivity index (χ4v) is 1.90. The Morgan fingerprint density at radius 1 is 1.50 bits per heavy atom. The Balaban J connectivity index is 2.69. The van der Waals surface area contributed by atoms with E-state index >= 15 is 0 Å². The highest BCUT2D eigenvalue weighted by Gasteiger charge is 2.11. The van der Waals surface area contributed by atoms with Crippen LogP contribution in [0.3, 0.4) is 0 Å². The van der Waals surface area contributed by atoms with E-state index in [0.29, 0.717) is 11.5 Å². The molecular formula is C9H11NO3S. The number of nitro groups is 1. The van der Waals surface area contributed by atoms with Crippen molar-refractivity contribution >= 4 is 17.4 Å². The zero-order valence-electron chi connectivity index (χ0n) is 7.80. The van der Waals surface area contributed by atoms with Gasteiger partial charge in [-0.15, -0.1) is 11.8 Å². The zero-order valence-corrected chi connectivity index (χ0v) is 8.62. The van der Waals surface area contributed by atoms with Crippen LogP contribution in [0.2, 0.25) is 0 Å². The molecule has 1 rings (SSSR count). The molecule has 14 heavy (non-hydrogen) atoms. The van der Waals surface area contributed by atoms with Crippen molar-refractivity contribution in [3.8, 4) is 0 Å². The van der Waals surface area contributed by atoms with Crippen LogP contribution in [-0.2, 0) is 4.74 Å². The number of hydrogen-bond acceptors (Lipinski definition) is 4. The van der Waals surface area contributed by atoms with Crippen LogP contribution < -0.4 is 0 Å². The van der Waals surface area contributed by atoms with Gasteiger partial charge in [0.25, 0.3) is 5.69 Å². The summed E-state index contributed by atoms with van der Waals surface area (Å²) in [5, 5.41) is 10.6. The molecule has 1 aromatic carbocycles. The first-order valence-electron chi connectivity index (χ1n) is 4.11. The van der Waals surface area contributed by atoms with Gasteiger partial charge in [0.2, 0.25) is 0 Å². The van der Waals surface area contributed by atoms with Gasteiger partial charge in [0.15, 0.2) is 0 Å². The Morgan fingerprint density at radius 3 is 2.86 bits per heavy atom. The monoisotopic (exact) mass is 213 g/mol. The minimum atomic E-state index is -0.366. The van der Waals surface area contributed by atoms with Crippen molar-refractivity contribution in [2.24, 2.45) is 0 Å². The second kappa shape index (κ2) is 5.62. The van der Waals surface area contributed by atoms with Crippen molar-refractivity contribution in [1.29, 1.82) is 0 Å². The lowest BCUT2D eigenvalue weighted by atomic mass is 10.3. The van der Waals surface area contributed by atoms with E-state index in [1.165, 1.54) is 17.8 Å². The maximum Gasteiger partial charge on any atom is 0.282 e. The highest BCUT2D eigenvalue weighted by Crippen LogP contribution is 2.28. The highest BCUT2D eigenvalue weighted by molar-refractivity contribution is 7.99. The molecule has 0 spiro atoms. The van der Waals surface area contributed by atoms with Gasteiger partial charge in [0.05, 0.1) is 16.4 Å². The van der Waals surface area contributed by atoms with E-state index in [1.54, 1.807) is 25.3 Å². The molecule has 76 valence electrons. The lowest BCUT2D eigenvalue weighted by molar-refractivity contribution is -0.387. The van der Waals surface area contributed by atoms with Gasteiger partial charge in [-0.05, 0) is 6.07 Å². The molecular weight excluding hydrogens is 202 g/mol. The van der Waals surface area contributed by atoms with Crippen LogP contribution in [0.1, 0.15) is 0 Å². The van der Waals surface area contributed by atoms with Gasteiger partial charge < -0.3 is 4.74 Å². The van der Waals surface area contributed by atoms with E-state index in [4.69, 9.17) is 4.74 Å². The smallest absolute Gasteiger partial charge is 0.282 e. The van der Waals surface area contributed by atoms with Crippen molar-refractivity contribution in [2.75, 3.05) is 19.5 Å². The maximum absolute atomic E-state index is 10.6. The molecule has 0 aliphatic carbocycles. The number of para-hydroxylation sites is 1. The molecule has 4 nitrogen and oxygen atoms in total. The molecule has 0 fully saturated rings. The van der Waals surface area contributed by atoms with Crippen molar-refractivity contribution in [3.05, 3.63) is 34.4 Å². The molecule has 0 amide bonds. The molecule has 0 saturated carbocycles. The predicted octanol–water partition coefficient (Wildman–Crippen LogP) is 2.33. The molecule has 5 heteroatoms. The minimum absolute atomic E-state index is 0.161. The number of hydrogen-bond donors (Lipinski definition) is 0. The van der Waals surface area contributed by atoms with Crippen molar-refractivity contribution in [3.63, 3.8) is 0 Å². The number of nitrogens with zero attached hydrogens (tertiary/aromatic N) is 1. The van der Waals surface area contributed by atoms with Crippen LogP contribution >= 0.6 is 11.8 Å². The standard InChI is InChI=1S/C9H11NO3S/c1-13-6-7-14-9-5-3-2-4-8(9)10(11)12/h2-5H,6-7H2,1H3. The lowest BCUT2D eigenvalue weighted by Crippen LogP contribution is -1.94. The number of methoxy groups -OCH3 is 1. The molecule has 0 atom stereocenters. The fourth-order valence-electron chi connectivity index (χ4n) is 0.965. The fraction of sp³-hybridized carbons (Fsp3) is 0.333. The zero-order chi connectivity index (χ0) is 10.4. The lowest BCUT2D eigenvalue weighted by Gasteiger charge is -2.01. The molecule has 0 heterocycles. The van der Waals surface area contributed by atoms with Crippen LogP contribution in [0.4, 0.5) is 5.69 Å². The van der Waals surface area contributed by atoms with Gasteiger partial charge in [-0.25, -0.2) is 0 Å². The normalized spacial score (nSPS) is 10.1. The van der Waals surface area contributed by atoms with E-state index in [1.807, 2.05) is 0 Å². The van der Waals surface area contributed by atoms with Gasteiger partial charge in [0, 0.05) is 18.9 Å². The summed E-state index contributed by atoms with van der Waals surface area (Å²) >= 11 is 1.43. The molecule has 0 aliphatic heterocycles. The summed E-state index contributed by atoms with van der Waals surface area (Å²) in [6.07, 6.45) is 0. The molecule has 0 bridgehead atoms. The van der Waals surface area contributed by atoms with Gasteiger partial charge in [-0.2, -0.15) is 0 Å². The SMILES string of the molecule is COCCSc1ccccc1[N+](=O)[O-]. The van der Waals surface area contributed by atoms with E-state index in [9.17, 15) is 10.1 Å². The largest absolute Gasteiger partial charge is 0.384 e. The first-order valence-corrected chi connectivity index (χ1v) is 5.09. The summed E-state index contributed by atoms with van der Waals surface area (Å²) in [6, 6.07) is 6.72. The average Bonchev–Trinajstić information content (AvgIpc) is 2.19. The van der Waals surface area contributed by atoms with E-state index in [-0.39, 0.29) is 10.6 Å². The number of benzene rings is 1. The maximum atomic E-state index is 10.6. The first kappa shape index (κ1) is 11.0. The van der Waals surface area contributed by atoms with Crippen LogP contribution in [0.15, 0.2) is 29.2 Å². The third-order valence-electron chi connectivity index (χ3n) is 1.61. The Morgan fingerprint density at radius 2 is 2.21 bits per heavy atom. The Bertz CT molecular complexity index is 317. The minimum Gasteiger partial charge on any atom is -0.384 e. The number of thioether (sulfide) groups is 1. The van der Waals surface area contributed by atoms with Crippen molar-refractivity contribution in [1.82, 2.24) is 0 Å². The molecule has 0 aromatic heterocycles. The second-order valence-electron chi connectivity index (χ2n) is 2.57. The van der Waals surface area contributed by atoms with E-state index < -0.39 is 0 Å². The molecule has 0 N–H and O–H groups in total. The van der Waals surface area contributed by atoms with Crippen LogP contribution in [0, 0.1) is 10.1 Å². The molecule has 0 aliphatic rings. The van der Waals surface area contributed by atoms with Crippen molar-refractivity contribution in [2.45, 2.75) is 4.90 Å². The second-order valence-corrected chi connectivity index (χ2v) is 3.70. The van der Waals surface area contributed by atoms with E-state index in [0.717, 1.165) is 5.75 Å².